The van der Waals surface area contributed by atoms with E-state index >= 15 is 0 Å². The molecule has 1 heterocycles. The molecular weight excluding hydrogens is 475 g/mol. The van der Waals surface area contributed by atoms with Gasteiger partial charge in [-0.3, -0.25) is 0 Å². The second-order valence-electron chi connectivity index (χ2n) is 7.56. The van der Waals surface area contributed by atoms with Gasteiger partial charge < -0.3 is 15.2 Å². The van der Waals surface area contributed by atoms with Gasteiger partial charge in [-0.15, -0.1) is 34.2 Å². The number of hydrogen-bond donors (Lipinski definition) is 2. The normalized spacial score (nSPS) is 13.5. The lowest BCUT2D eigenvalue weighted by Crippen LogP contribution is -2.43. The Bertz CT molecular complexity index is 728. The van der Waals surface area contributed by atoms with E-state index in [9.17, 15) is 0 Å². The van der Waals surface area contributed by atoms with Crippen molar-refractivity contribution in [1.29, 1.82) is 0 Å². The zero-order valence-electron chi connectivity index (χ0n) is 18.5. The standard InChI is InChI=1S/C22H36N6.HI/c1-6-7-8-10-13-17(2)24-22(23-16-21-27-26-19(4)28(21)5)25-18(3)20-14-11-9-12-15-20;/h9,11-12,14-15,17-18H,6-8,10,13,16H2,1-5H3,(H2,23,24,25);1H. The number of aryl methyl sites for hydroxylation is 1. The topological polar surface area (TPSA) is 67.1 Å². The lowest BCUT2D eigenvalue weighted by atomic mass is 10.1. The highest BCUT2D eigenvalue weighted by Crippen LogP contribution is 2.12. The molecule has 2 aromatic rings. The molecule has 0 saturated carbocycles. The van der Waals surface area contributed by atoms with Gasteiger partial charge in [0.25, 0.3) is 0 Å². The number of aromatic nitrogens is 3. The van der Waals surface area contributed by atoms with Crippen molar-refractivity contribution in [2.24, 2.45) is 12.0 Å². The van der Waals surface area contributed by atoms with Crippen LogP contribution in [-0.2, 0) is 13.6 Å². The molecule has 6 nitrogen and oxygen atoms in total. The first-order valence-corrected chi connectivity index (χ1v) is 10.5. The lowest BCUT2D eigenvalue weighted by Gasteiger charge is -2.22. The highest BCUT2D eigenvalue weighted by Gasteiger charge is 2.12. The van der Waals surface area contributed by atoms with E-state index in [1.165, 1.54) is 31.2 Å². The van der Waals surface area contributed by atoms with Crippen molar-refractivity contribution in [3.05, 3.63) is 47.5 Å². The first-order valence-electron chi connectivity index (χ1n) is 10.5. The van der Waals surface area contributed by atoms with Crippen molar-refractivity contribution in [2.75, 3.05) is 0 Å². The number of guanidine groups is 1. The predicted molar refractivity (Wildman–Crippen MR) is 132 cm³/mol. The monoisotopic (exact) mass is 512 g/mol. The molecule has 0 saturated heterocycles. The van der Waals surface area contributed by atoms with Gasteiger partial charge in [0.1, 0.15) is 12.4 Å². The van der Waals surface area contributed by atoms with Crippen LogP contribution in [0.5, 0.6) is 0 Å². The van der Waals surface area contributed by atoms with Crippen LogP contribution in [0.25, 0.3) is 0 Å². The second-order valence-corrected chi connectivity index (χ2v) is 7.56. The minimum Gasteiger partial charge on any atom is -0.354 e. The first kappa shape index (κ1) is 25.4. The molecule has 162 valence electrons. The summed E-state index contributed by atoms with van der Waals surface area (Å²) in [5.74, 6) is 2.58. The van der Waals surface area contributed by atoms with Crippen LogP contribution in [0.1, 0.15) is 76.1 Å². The minimum atomic E-state index is 0. The minimum absolute atomic E-state index is 0. The molecule has 2 unspecified atom stereocenters. The molecule has 0 aliphatic carbocycles. The van der Waals surface area contributed by atoms with Crippen LogP contribution in [-0.4, -0.2) is 26.8 Å². The van der Waals surface area contributed by atoms with Crippen LogP contribution in [0.15, 0.2) is 35.3 Å². The van der Waals surface area contributed by atoms with Crippen LogP contribution >= 0.6 is 24.0 Å². The number of nitrogens with zero attached hydrogens (tertiary/aromatic N) is 4. The van der Waals surface area contributed by atoms with Gasteiger partial charge in [0.05, 0.1) is 6.04 Å². The fourth-order valence-electron chi connectivity index (χ4n) is 3.08. The first-order chi connectivity index (χ1) is 13.5. The van der Waals surface area contributed by atoms with Crippen molar-refractivity contribution >= 4 is 29.9 Å². The Kier molecular flexibility index (Phi) is 11.9. The molecule has 2 rings (SSSR count). The summed E-state index contributed by atoms with van der Waals surface area (Å²) in [6.45, 7) is 9.08. The molecule has 0 aliphatic heterocycles. The number of hydrogen-bond acceptors (Lipinski definition) is 3. The summed E-state index contributed by atoms with van der Waals surface area (Å²) >= 11 is 0. The van der Waals surface area contributed by atoms with E-state index in [-0.39, 0.29) is 30.0 Å². The van der Waals surface area contributed by atoms with Crippen LogP contribution < -0.4 is 10.6 Å². The number of halogens is 1. The SMILES string of the molecule is CCCCCCC(C)NC(=NCc1nnc(C)n1C)NC(C)c1ccccc1.I. The summed E-state index contributed by atoms with van der Waals surface area (Å²) in [5, 5.41) is 15.5. The third kappa shape index (κ3) is 8.72. The Morgan fingerprint density at radius 2 is 1.79 bits per heavy atom. The summed E-state index contributed by atoms with van der Waals surface area (Å²) < 4.78 is 1.98. The quantitative estimate of drug-likeness (QED) is 0.206. The van der Waals surface area contributed by atoms with Gasteiger partial charge in [-0.1, -0.05) is 62.9 Å². The summed E-state index contributed by atoms with van der Waals surface area (Å²) in [7, 11) is 1.98. The highest BCUT2D eigenvalue weighted by atomic mass is 127. The van der Waals surface area contributed by atoms with Gasteiger partial charge in [0.15, 0.2) is 11.8 Å². The lowest BCUT2D eigenvalue weighted by molar-refractivity contribution is 0.531. The fourth-order valence-corrected chi connectivity index (χ4v) is 3.08. The van der Waals surface area contributed by atoms with E-state index in [0.717, 1.165) is 24.0 Å². The van der Waals surface area contributed by atoms with Gasteiger partial charge in [-0.2, -0.15) is 0 Å². The maximum absolute atomic E-state index is 4.79. The third-order valence-corrected chi connectivity index (χ3v) is 5.09. The Hall–Kier alpha value is -1.64. The molecule has 1 aromatic carbocycles. The second kappa shape index (κ2) is 13.6. The summed E-state index contributed by atoms with van der Waals surface area (Å²) in [6.07, 6.45) is 6.25. The molecule has 0 fully saturated rings. The number of unbranched alkanes of at least 4 members (excludes halogenated alkanes) is 3. The Balaban J connectivity index is 0.00000420. The summed E-state index contributed by atoms with van der Waals surface area (Å²) in [6, 6.07) is 11.0. The number of nitrogens with one attached hydrogen (secondary N) is 2. The van der Waals surface area contributed by atoms with E-state index in [1.807, 2.05) is 24.6 Å². The number of rotatable bonds is 10. The van der Waals surface area contributed by atoms with Gasteiger partial charge in [0.2, 0.25) is 0 Å². The van der Waals surface area contributed by atoms with Gasteiger partial charge in [-0.05, 0) is 32.8 Å². The van der Waals surface area contributed by atoms with E-state index in [4.69, 9.17) is 4.99 Å². The Labute approximate surface area is 193 Å². The van der Waals surface area contributed by atoms with Crippen LogP contribution in [0, 0.1) is 6.92 Å². The Morgan fingerprint density at radius 3 is 2.41 bits per heavy atom. The Morgan fingerprint density at radius 1 is 1.07 bits per heavy atom. The van der Waals surface area contributed by atoms with Gasteiger partial charge in [0, 0.05) is 13.1 Å². The van der Waals surface area contributed by atoms with E-state index < -0.39 is 0 Å². The molecular formula is C22H37IN6. The molecule has 2 atom stereocenters. The average molecular weight is 512 g/mol. The maximum atomic E-state index is 4.79. The summed E-state index contributed by atoms with van der Waals surface area (Å²) in [5.41, 5.74) is 1.24. The largest absolute Gasteiger partial charge is 0.354 e. The fraction of sp³-hybridized carbons (Fsp3) is 0.591. The number of aliphatic imine (C=N–C) groups is 1. The molecule has 0 amide bonds. The zero-order chi connectivity index (χ0) is 20.4. The highest BCUT2D eigenvalue weighted by molar-refractivity contribution is 14.0. The van der Waals surface area contributed by atoms with E-state index in [0.29, 0.717) is 12.6 Å². The third-order valence-electron chi connectivity index (χ3n) is 5.09. The molecule has 0 radical (unpaired) electrons. The molecule has 1 aromatic heterocycles. The van der Waals surface area contributed by atoms with Crippen molar-refractivity contribution in [3.8, 4) is 0 Å². The van der Waals surface area contributed by atoms with Gasteiger partial charge >= 0.3 is 0 Å². The predicted octanol–water partition coefficient (Wildman–Crippen LogP) is 4.90. The van der Waals surface area contributed by atoms with Crippen LogP contribution in [0.2, 0.25) is 0 Å². The van der Waals surface area contributed by atoms with Crippen LogP contribution in [0.4, 0.5) is 0 Å². The molecule has 2 N–H and O–H groups in total. The van der Waals surface area contributed by atoms with E-state index in [1.54, 1.807) is 0 Å². The molecule has 29 heavy (non-hydrogen) atoms. The summed E-state index contributed by atoms with van der Waals surface area (Å²) in [4.78, 5) is 4.79. The molecule has 0 bridgehead atoms. The smallest absolute Gasteiger partial charge is 0.192 e. The molecule has 0 spiro atoms. The molecule has 7 heteroatoms. The maximum Gasteiger partial charge on any atom is 0.192 e. The van der Waals surface area contributed by atoms with Crippen molar-refractivity contribution in [3.63, 3.8) is 0 Å². The number of benzene rings is 1. The van der Waals surface area contributed by atoms with Crippen molar-refractivity contribution in [1.82, 2.24) is 25.4 Å². The molecule has 0 aliphatic rings. The van der Waals surface area contributed by atoms with Crippen molar-refractivity contribution in [2.45, 2.75) is 78.4 Å². The average Bonchev–Trinajstić information content (AvgIpc) is 3.02. The zero-order valence-corrected chi connectivity index (χ0v) is 20.8. The van der Waals surface area contributed by atoms with Gasteiger partial charge in [-0.25, -0.2) is 4.99 Å². The van der Waals surface area contributed by atoms with Crippen molar-refractivity contribution < 1.29 is 0 Å². The van der Waals surface area contributed by atoms with Crippen LogP contribution in [0.3, 0.4) is 0 Å². The van der Waals surface area contributed by atoms with E-state index in [2.05, 4.69) is 65.9 Å².